The summed E-state index contributed by atoms with van der Waals surface area (Å²) in [6.07, 6.45) is 1.70. The van der Waals surface area contributed by atoms with Crippen LogP contribution in [0.5, 0.6) is 5.75 Å². The first kappa shape index (κ1) is 20.6. The van der Waals surface area contributed by atoms with Crippen LogP contribution in [0.25, 0.3) is 0 Å². The maximum Gasteiger partial charge on any atom is 0.341 e. The first-order chi connectivity index (χ1) is 13.3. The molecule has 0 aromatic heterocycles. The van der Waals surface area contributed by atoms with Crippen molar-refractivity contribution in [3.8, 4) is 5.75 Å². The Hall–Kier alpha value is -2.09. The van der Waals surface area contributed by atoms with Crippen molar-refractivity contribution >= 4 is 61.1 Å². The van der Waals surface area contributed by atoms with Gasteiger partial charge in [0.2, 0.25) is 0 Å². The maximum absolute atomic E-state index is 15.0. The van der Waals surface area contributed by atoms with E-state index in [2.05, 4.69) is 19.7 Å². The van der Waals surface area contributed by atoms with Gasteiger partial charge in [0, 0.05) is 24.0 Å². The fourth-order valence-electron chi connectivity index (χ4n) is 2.85. The lowest BCUT2D eigenvalue weighted by molar-refractivity contribution is 0.0695. The number of nitrogens with zero attached hydrogens (tertiary/aromatic N) is 2. The minimum Gasteiger partial charge on any atom is -0.505 e. The lowest BCUT2D eigenvalue weighted by Gasteiger charge is -2.20. The van der Waals surface area contributed by atoms with Crippen molar-refractivity contribution in [1.29, 1.82) is 0 Å². The second kappa shape index (κ2) is 8.11. The molecule has 3 N–H and O–H groups in total. The van der Waals surface area contributed by atoms with E-state index in [1.807, 2.05) is 0 Å². The molecule has 0 heterocycles. The number of hydrogen-bond donors (Lipinski definition) is 3. The van der Waals surface area contributed by atoms with Crippen molar-refractivity contribution in [2.45, 2.75) is 23.7 Å². The van der Waals surface area contributed by atoms with Crippen LogP contribution in [0.3, 0.4) is 0 Å². The van der Waals surface area contributed by atoms with Crippen molar-refractivity contribution in [3.05, 3.63) is 39.3 Å². The van der Waals surface area contributed by atoms with Crippen molar-refractivity contribution in [2.24, 2.45) is 5.18 Å². The summed E-state index contributed by atoms with van der Waals surface area (Å²) in [6, 6.07) is 4.17. The highest BCUT2D eigenvalue weighted by Crippen LogP contribution is 2.50. The molecule has 0 amide bonds. The molecule has 28 heavy (non-hydrogen) atoms. The van der Waals surface area contributed by atoms with Crippen LogP contribution >= 0.6 is 32.8 Å². The number of nitroso groups, excluding NO2 is 1. The molecule has 1 fully saturated rings. The number of halogens is 2. The van der Waals surface area contributed by atoms with E-state index in [9.17, 15) is 19.9 Å². The van der Waals surface area contributed by atoms with E-state index in [0.717, 1.165) is 12.8 Å². The van der Waals surface area contributed by atoms with E-state index in [1.54, 1.807) is 7.05 Å². The molecule has 0 spiro atoms. The molecule has 1 unspecified atom stereocenters. The Labute approximate surface area is 171 Å². The Balaban J connectivity index is 2.07. The number of phenols is 1. The molecule has 1 saturated carbocycles. The van der Waals surface area contributed by atoms with Crippen LogP contribution in [-0.2, 0) is 0 Å². The summed E-state index contributed by atoms with van der Waals surface area (Å²) >= 11 is 6.50. The average Bonchev–Trinajstić information content (AvgIpc) is 3.48. The Bertz CT molecular complexity index is 974. The summed E-state index contributed by atoms with van der Waals surface area (Å²) in [6.45, 7) is 0. The highest BCUT2D eigenvalue weighted by atomic mass is 35.5. The van der Waals surface area contributed by atoms with Crippen LogP contribution in [0.15, 0.2) is 28.3 Å². The maximum atomic E-state index is 15.0. The molecule has 0 radical (unpaired) electrons. The Morgan fingerprint density at radius 1 is 1.43 bits per heavy atom. The third kappa shape index (κ3) is 3.87. The van der Waals surface area contributed by atoms with Gasteiger partial charge in [-0.3, -0.25) is 0 Å². The molecule has 0 aliphatic heterocycles. The number of benzene rings is 2. The fourth-order valence-corrected chi connectivity index (χ4v) is 4.09. The number of carboxylic acid groups (broad SMARTS) is 1. The van der Waals surface area contributed by atoms with Crippen molar-refractivity contribution in [2.75, 3.05) is 16.9 Å². The summed E-state index contributed by atoms with van der Waals surface area (Å²) in [5.41, 5.74) is 0.112. The third-order valence-electron chi connectivity index (χ3n) is 4.34. The van der Waals surface area contributed by atoms with Gasteiger partial charge in [0.1, 0.15) is 16.9 Å². The molecule has 1 aliphatic rings. The fraction of sp³-hybridized carbons (Fsp3) is 0.235. The van der Waals surface area contributed by atoms with E-state index < -0.39 is 17.3 Å². The highest BCUT2D eigenvalue weighted by molar-refractivity contribution is 8.00. The molecule has 0 bridgehead atoms. The van der Waals surface area contributed by atoms with Gasteiger partial charge in [-0.25, -0.2) is 4.79 Å². The van der Waals surface area contributed by atoms with Gasteiger partial charge < -0.3 is 15.5 Å². The molecule has 7 nitrogen and oxygen atoms in total. The second-order valence-electron chi connectivity index (χ2n) is 6.18. The van der Waals surface area contributed by atoms with Gasteiger partial charge in [0.05, 0.1) is 10.6 Å². The number of aromatic carboxylic acids is 1. The van der Waals surface area contributed by atoms with Crippen LogP contribution in [0.1, 0.15) is 34.7 Å². The molecule has 2 aromatic carbocycles. The monoisotopic (exact) mass is 443 g/mol. The van der Waals surface area contributed by atoms with E-state index >= 15 is 4.48 Å². The first-order valence-corrected chi connectivity index (χ1v) is 9.88. The van der Waals surface area contributed by atoms with Gasteiger partial charge in [0.15, 0.2) is 5.75 Å². The van der Waals surface area contributed by atoms with Crippen LogP contribution in [0.2, 0.25) is 5.02 Å². The zero-order valence-electron chi connectivity index (χ0n) is 14.6. The topological polar surface area (TPSA) is 102 Å². The predicted octanol–water partition coefficient (Wildman–Crippen LogP) is 4.96. The van der Waals surface area contributed by atoms with Crippen molar-refractivity contribution < 1.29 is 19.5 Å². The number of hydrogen-bond acceptors (Lipinski definition) is 7. The SMILES string of the molecule is CNc1c(C2CC2)cc(N(F)Sc2cc(Cl)c(P)cc2N=O)c(O)c1C(=O)O. The molecule has 0 saturated heterocycles. The quantitative estimate of drug-likeness (QED) is 0.240. The number of anilines is 2. The van der Waals surface area contributed by atoms with Gasteiger partial charge in [-0.2, -0.15) is 0 Å². The summed E-state index contributed by atoms with van der Waals surface area (Å²) in [4.78, 5) is 22.9. The second-order valence-corrected chi connectivity index (χ2v) is 8.15. The summed E-state index contributed by atoms with van der Waals surface area (Å²) in [5, 5.41) is 26.4. The number of rotatable bonds is 7. The Morgan fingerprint density at radius 3 is 2.64 bits per heavy atom. The van der Waals surface area contributed by atoms with Crippen LogP contribution in [-0.4, -0.2) is 23.2 Å². The third-order valence-corrected chi connectivity index (χ3v) is 6.20. The Morgan fingerprint density at radius 2 is 2.11 bits per heavy atom. The van der Waals surface area contributed by atoms with E-state index in [4.69, 9.17) is 11.6 Å². The largest absolute Gasteiger partial charge is 0.505 e. The zero-order chi connectivity index (χ0) is 20.6. The van der Waals surface area contributed by atoms with Gasteiger partial charge >= 0.3 is 5.97 Å². The van der Waals surface area contributed by atoms with Gasteiger partial charge in [-0.15, -0.1) is 18.7 Å². The molecule has 1 aliphatic carbocycles. The minimum absolute atomic E-state index is 0.0331. The highest BCUT2D eigenvalue weighted by Gasteiger charge is 2.33. The van der Waals surface area contributed by atoms with Gasteiger partial charge in [-0.1, -0.05) is 16.1 Å². The lowest BCUT2D eigenvalue weighted by atomic mass is 10.0. The van der Waals surface area contributed by atoms with E-state index in [1.165, 1.54) is 18.2 Å². The van der Waals surface area contributed by atoms with E-state index in [-0.39, 0.29) is 37.4 Å². The molecular weight excluding hydrogens is 428 g/mol. The molecule has 3 rings (SSSR count). The normalized spacial score (nSPS) is 13.3. The molecule has 2 aromatic rings. The summed E-state index contributed by atoms with van der Waals surface area (Å²) in [7, 11) is 3.88. The first-order valence-electron chi connectivity index (χ1n) is 8.15. The molecular formula is C17H16ClFN3O4PS. The number of nitrogens with one attached hydrogen (secondary N) is 1. The molecule has 1 atom stereocenters. The molecule has 11 heteroatoms. The van der Waals surface area contributed by atoms with E-state index in [0.29, 0.717) is 22.8 Å². The number of carbonyl (C=O) groups is 1. The number of aromatic hydroxyl groups is 1. The van der Waals surface area contributed by atoms with Crippen LogP contribution in [0, 0.1) is 4.91 Å². The smallest absolute Gasteiger partial charge is 0.341 e. The van der Waals surface area contributed by atoms with Crippen LogP contribution < -0.4 is 15.1 Å². The van der Waals surface area contributed by atoms with Gasteiger partial charge in [0.25, 0.3) is 0 Å². The lowest BCUT2D eigenvalue weighted by Crippen LogP contribution is -2.10. The predicted molar refractivity (Wildman–Crippen MR) is 112 cm³/mol. The van der Waals surface area contributed by atoms with Crippen molar-refractivity contribution in [3.63, 3.8) is 0 Å². The summed E-state index contributed by atoms with van der Waals surface area (Å²) in [5.74, 6) is -2.00. The van der Waals surface area contributed by atoms with Crippen LogP contribution in [0.4, 0.5) is 21.5 Å². The standard InChI is InChI=1S/C17H16ClFN3O4PS/c1-20-15-8(7-2-3-7)4-11(16(23)14(15)17(24)25)22(19)28-13-5-9(18)12(27)6-10(13)21-26/h4-7,20,23H,2-3,27H2,1H3,(H,24,25). The minimum atomic E-state index is -1.38. The number of carboxylic acids is 1. The zero-order valence-corrected chi connectivity index (χ0v) is 17.3. The molecule has 148 valence electrons. The van der Waals surface area contributed by atoms with Gasteiger partial charge in [-0.05, 0) is 53.0 Å². The Kier molecular flexibility index (Phi) is 5.98. The average molecular weight is 444 g/mol. The summed E-state index contributed by atoms with van der Waals surface area (Å²) < 4.78 is 15.1. The van der Waals surface area contributed by atoms with Crippen molar-refractivity contribution in [1.82, 2.24) is 0 Å².